The summed E-state index contributed by atoms with van der Waals surface area (Å²) in [6, 6.07) is 3.84. The zero-order valence-corrected chi connectivity index (χ0v) is 60.5. The Morgan fingerprint density at radius 1 is 0.642 bits per heavy atom. The molecule has 2 saturated heterocycles. The molecule has 7 rings (SSSR count). The van der Waals surface area contributed by atoms with E-state index in [1.54, 1.807) is 54.7 Å². The number of para-hydroxylation sites is 1. The van der Waals surface area contributed by atoms with E-state index < -0.39 is 193 Å². The minimum Gasteiger partial charge on any atom is -0.508 e. The van der Waals surface area contributed by atoms with E-state index in [1.165, 1.54) is 29.2 Å². The number of carboxylic acid groups (broad SMARTS) is 2. The second-order valence-corrected chi connectivity index (χ2v) is 28.9. The van der Waals surface area contributed by atoms with Crippen LogP contribution < -0.4 is 76.1 Å². The largest absolute Gasteiger partial charge is 0.508 e. The molecule has 574 valence electrons. The van der Waals surface area contributed by atoms with Gasteiger partial charge in [-0.05, 0) is 98.2 Å². The third-order valence-electron chi connectivity index (χ3n) is 18.1. The zero-order valence-electron chi connectivity index (χ0n) is 58.1. The van der Waals surface area contributed by atoms with Gasteiger partial charge < -0.3 is 101 Å². The van der Waals surface area contributed by atoms with Crippen molar-refractivity contribution in [1.82, 2.24) is 63.1 Å². The van der Waals surface area contributed by atoms with Gasteiger partial charge in [0.15, 0.2) is 5.96 Å². The van der Waals surface area contributed by atoms with Crippen LogP contribution in [0.25, 0.3) is 10.9 Å². The number of H-pyrrole nitrogens is 1. The highest BCUT2D eigenvalue weighted by atomic mass is 35.5. The summed E-state index contributed by atoms with van der Waals surface area (Å²) in [4.78, 5) is 206. The molecule has 4 aromatic rings. The van der Waals surface area contributed by atoms with Gasteiger partial charge in [0, 0.05) is 105 Å². The first-order valence-electron chi connectivity index (χ1n) is 34.8. The lowest BCUT2D eigenvalue weighted by Gasteiger charge is -2.30. The van der Waals surface area contributed by atoms with Gasteiger partial charge in [0.05, 0.1) is 0 Å². The molecule has 0 spiro atoms. The molecule has 2 aliphatic heterocycles. The number of nitrogens with two attached hydrogens (primary N) is 4. The van der Waals surface area contributed by atoms with E-state index in [2.05, 4.69) is 63.1 Å². The van der Waals surface area contributed by atoms with E-state index in [0.29, 0.717) is 59.7 Å². The summed E-state index contributed by atoms with van der Waals surface area (Å²) in [6.45, 7) is -0.221. The van der Waals surface area contributed by atoms with Crippen molar-refractivity contribution in [3.05, 3.63) is 101 Å². The number of carbonyl (C=O) groups is 14. The predicted molar refractivity (Wildman–Crippen MR) is 392 cm³/mol. The summed E-state index contributed by atoms with van der Waals surface area (Å²) in [7, 11) is 1.73. The molecular formula is C69H92ClN17O17S2. The van der Waals surface area contributed by atoms with Crippen LogP contribution in [0.3, 0.4) is 0 Å². The van der Waals surface area contributed by atoms with E-state index in [0.717, 1.165) is 21.6 Å². The molecule has 3 aliphatic rings. The lowest BCUT2D eigenvalue weighted by atomic mass is 9.95. The Morgan fingerprint density at radius 2 is 1.24 bits per heavy atom. The van der Waals surface area contributed by atoms with Crippen LogP contribution in [-0.4, -0.2) is 212 Å². The lowest BCUT2D eigenvalue weighted by Crippen LogP contribution is -2.61. The average molecular weight is 1530 g/mol. The number of aromatic nitrogens is 1. The summed E-state index contributed by atoms with van der Waals surface area (Å²) in [5.41, 5.74) is 24.7. The Morgan fingerprint density at radius 3 is 1.89 bits per heavy atom. The number of aromatic hydroxyl groups is 1. The zero-order chi connectivity index (χ0) is 77.0. The minimum absolute atomic E-state index is 0.0111. The van der Waals surface area contributed by atoms with Gasteiger partial charge in [-0.2, -0.15) is 0 Å². The fourth-order valence-corrected chi connectivity index (χ4v) is 15.0. The number of rotatable bonds is 24. The van der Waals surface area contributed by atoms with Crippen molar-refractivity contribution >= 4 is 133 Å². The highest BCUT2D eigenvalue weighted by molar-refractivity contribution is 8.76. The molecule has 37 heteroatoms. The summed E-state index contributed by atoms with van der Waals surface area (Å²) in [5.74, 6) is -15.4. The van der Waals surface area contributed by atoms with E-state index in [4.69, 9.17) is 34.5 Å². The molecular weight excluding hydrogens is 1440 g/mol. The molecule has 1 aliphatic carbocycles. The maximum atomic E-state index is 15.3. The van der Waals surface area contributed by atoms with Crippen molar-refractivity contribution < 1.29 is 82.4 Å². The molecule has 3 aromatic carbocycles. The number of nitrogens with zero attached hydrogens (tertiary/aromatic N) is 2. The summed E-state index contributed by atoms with van der Waals surface area (Å²) >= 11 is 6.68. The number of aliphatic imine (C=N–C) groups is 1. The Kier molecular flexibility index (Phi) is 32.5. The number of likely N-dealkylation sites (tertiary alicyclic amines) is 1. The Bertz CT molecular complexity index is 3840. The van der Waals surface area contributed by atoms with Crippen LogP contribution in [0.1, 0.15) is 107 Å². The van der Waals surface area contributed by atoms with Crippen LogP contribution in [-0.2, 0) is 86.4 Å². The molecule has 0 bridgehead atoms. The number of amides is 12. The standard InChI is InChI=1S/C69H92ClN17O17S2/c70-43-13-5-3-11-39(43)32-49-64(100)79-45(15-7-28-76-69(73)74)60(96)75-29-26-54(89)78-46(21-23-56(91)92)61(97)81-50(33-40-34-77-44-14-6-4-12-42(40)44)65(101)80-47(22-24-57(93)94)62(98)84-51(59(72)95)35-105-106-36-52(66(102)86-58(68(104)83-49)38-9-1-2-10-38)85-63(99)48(31-37-17-19-41(88)20-18-37)82-67(103)53-16-8-30-87(53)55(90)25-27-71/h3-6,11-14,17-20,34,38,45-53,58,77,88H,1-2,7-10,15-16,21-33,35-36,71H2,(H2,72,95)(H,75,96)(H,78,89)(H,79,100)(H,80,101)(H,81,97)(H,82,103)(H,83,104)(H,84,98)(H,85,99)(H,86,102)(H,91,92)(H,93,94)(H4,73,74,76)/t45-,46-,47-,48-,49-,50-,51+,52-,53-,58-/m0/s1. The number of phenolic OH excluding ortho intramolecular Hbond substituents is 1. The van der Waals surface area contributed by atoms with Crippen molar-refractivity contribution in [2.24, 2.45) is 33.8 Å². The summed E-state index contributed by atoms with van der Waals surface area (Å²) < 4.78 is 0. The molecule has 1 saturated carbocycles. The van der Waals surface area contributed by atoms with E-state index in [9.17, 15) is 68.1 Å². The van der Waals surface area contributed by atoms with Gasteiger partial charge in [-0.25, -0.2) is 0 Å². The van der Waals surface area contributed by atoms with Crippen LogP contribution >= 0.6 is 33.2 Å². The number of benzene rings is 3. The highest BCUT2D eigenvalue weighted by Crippen LogP contribution is 2.30. The first-order valence-corrected chi connectivity index (χ1v) is 37.6. The van der Waals surface area contributed by atoms with Crippen LogP contribution in [0, 0.1) is 5.92 Å². The van der Waals surface area contributed by atoms with Crippen molar-refractivity contribution in [1.29, 1.82) is 0 Å². The number of primary amides is 1. The molecule has 3 fully saturated rings. The molecule has 34 nitrogen and oxygen atoms in total. The number of halogens is 1. The number of nitrogens with one attached hydrogen (secondary N) is 11. The molecule has 1 aromatic heterocycles. The average Bonchev–Trinajstić information content (AvgIpc) is 1.64. The van der Waals surface area contributed by atoms with Crippen LogP contribution in [0.15, 0.2) is 84.0 Å². The number of aliphatic carboxylic acids is 2. The van der Waals surface area contributed by atoms with Crippen molar-refractivity contribution in [2.75, 3.05) is 37.7 Å². The van der Waals surface area contributed by atoms with Crippen molar-refractivity contribution in [2.45, 2.75) is 170 Å². The van der Waals surface area contributed by atoms with Gasteiger partial charge >= 0.3 is 11.9 Å². The SMILES string of the molecule is NCCC(=O)N1CCC[C@H]1C(=O)N[C@@H](Cc1ccc(O)cc1)C(=O)N[C@H]1CSSC[C@H](C(N)=O)NC(=O)[C@H](CCC(=O)O)NC(=O)[C@H](Cc2c[nH]c3ccccc23)NC(=O)[C@H](CCC(=O)O)NC(=O)CCNC(=O)[C@H](CCCN=C(N)N)NC(=O)[C@H](Cc2ccccc2Cl)NC(=O)[C@H](C2CCCC2)NC1=O. The highest BCUT2D eigenvalue weighted by Gasteiger charge is 2.41. The Labute approximate surface area is 622 Å². The fourth-order valence-electron chi connectivity index (χ4n) is 12.5. The smallest absolute Gasteiger partial charge is 0.303 e. The number of aromatic amines is 1. The third kappa shape index (κ3) is 25.8. The number of carboxylic acids is 2. The van der Waals surface area contributed by atoms with Gasteiger partial charge in [-0.1, -0.05) is 94.6 Å². The first-order chi connectivity index (χ1) is 50.7. The van der Waals surface area contributed by atoms with Crippen LogP contribution in [0.4, 0.5) is 0 Å². The number of phenols is 1. The number of hydrogen-bond acceptors (Lipinski definition) is 19. The van der Waals surface area contributed by atoms with E-state index in [-0.39, 0.29) is 87.2 Å². The van der Waals surface area contributed by atoms with Gasteiger partial charge in [0.25, 0.3) is 0 Å². The number of guanidine groups is 1. The van der Waals surface area contributed by atoms with Gasteiger partial charge in [0.2, 0.25) is 70.9 Å². The number of fused-ring (bicyclic) bond motifs is 1. The number of carbonyl (C=O) groups excluding carboxylic acids is 12. The summed E-state index contributed by atoms with van der Waals surface area (Å²) in [6.07, 6.45) is 0.265. The molecule has 106 heavy (non-hydrogen) atoms. The van der Waals surface area contributed by atoms with Gasteiger partial charge in [-0.3, -0.25) is 72.1 Å². The lowest BCUT2D eigenvalue weighted by molar-refractivity contribution is -0.139. The second-order valence-electron chi connectivity index (χ2n) is 25.9. The van der Waals surface area contributed by atoms with E-state index >= 15 is 14.4 Å². The topological polar surface area (TPSA) is 555 Å². The monoisotopic (exact) mass is 1530 g/mol. The van der Waals surface area contributed by atoms with Crippen molar-refractivity contribution in [3.63, 3.8) is 0 Å². The Hall–Kier alpha value is -10.2. The Balaban J connectivity index is 1.28. The van der Waals surface area contributed by atoms with Crippen LogP contribution in [0.5, 0.6) is 5.75 Å². The van der Waals surface area contributed by atoms with Crippen LogP contribution in [0.2, 0.25) is 5.02 Å². The molecule has 22 N–H and O–H groups in total. The molecule has 0 radical (unpaired) electrons. The van der Waals surface area contributed by atoms with E-state index in [1.807, 2.05) is 0 Å². The predicted octanol–water partition coefficient (Wildman–Crippen LogP) is -1.38. The molecule has 0 unspecified atom stereocenters. The number of hydrogen-bond donors (Lipinski definition) is 18. The summed E-state index contributed by atoms with van der Waals surface area (Å²) in [5, 5.41) is 57.0. The van der Waals surface area contributed by atoms with Gasteiger partial charge in [0.1, 0.15) is 66.2 Å². The fraction of sp³-hybridized carbons (Fsp3) is 0.493. The minimum atomic E-state index is -1.76. The molecule has 3 heterocycles. The second kappa shape index (κ2) is 41.5. The molecule has 12 amide bonds. The van der Waals surface area contributed by atoms with Gasteiger partial charge in [-0.15, -0.1) is 0 Å². The molecule has 10 atom stereocenters. The third-order valence-corrected chi connectivity index (χ3v) is 20.9. The van der Waals surface area contributed by atoms with Crippen molar-refractivity contribution in [3.8, 4) is 5.75 Å². The normalized spacial score (nSPS) is 22.8. The quantitative estimate of drug-likeness (QED) is 0.0166. The maximum Gasteiger partial charge on any atom is 0.303 e. The first kappa shape index (κ1) is 83.1. The maximum absolute atomic E-state index is 15.3.